The number of ether oxygens (including phenoxy) is 1. The Morgan fingerprint density at radius 1 is 1.39 bits per heavy atom. The van der Waals surface area contributed by atoms with E-state index in [9.17, 15) is 4.79 Å². The minimum Gasteiger partial charge on any atom is -0.480 e. The molecule has 0 aliphatic carbocycles. The van der Waals surface area contributed by atoms with E-state index in [1.165, 1.54) is 0 Å². The van der Waals surface area contributed by atoms with Gasteiger partial charge in [-0.3, -0.25) is 9.69 Å². The number of carbonyl (C=O) groups is 1. The molecular weight excluding hydrogens is 322 g/mol. The van der Waals surface area contributed by atoms with Crippen molar-refractivity contribution in [2.45, 2.75) is 13.0 Å². The highest BCUT2D eigenvalue weighted by Crippen LogP contribution is 2.30. The minimum atomic E-state index is -0.829. The van der Waals surface area contributed by atoms with Crippen LogP contribution < -0.4 is 10.6 Å². The number of nitrogens with zero attached hydrogens (tertiary/aromatic N) is 4. The number of carboxylic acid groups (broad SMARTS) is 1. The van der Waals surface area contributed by atoms with Crippen LogP contribution in [0, 0.1) is 12.8 Å². The molecule has 0 aromatic carbocycles. The molecule has 9 heteroatoms. The highest BCUT2D eigenvalue weighted by molar-refractivity contribution is 6.33. The van der Waals surface area contributed by atoms with Gasteiger partial charge in [-0.2, -0.15) is 4.98 Å². The van der Waals surface area contributed by atoms with E-state index in [-0.39, 0.29) is 24.5 Å². The molecule has 2 fully saturated rings. The van der Waals surface area contributed by atoms with Crippen LogP contribution in [-0.4, -0.2) is 71.4 Å². The zero-order valence-corrected chi connectivity index (χ0v) is 13.7. The van der Waals surface area contributed by atoms with Crippen molar-refractivity contribution in [2.75, 3.05) is 50.0 Å². The topological polar surface area (TPSA) is 105 Å². The summed E-state index contributed by atoms with van der Waals surface area (Å²) < 4.78 is 5.68. The molecule has 3 N–H and O–H groups in total. The number of nitrogen functional groups attached to an aromatic ring is 1. The van der Waals surface area contributed by atoms with Crippen LogP contribution in [0.15, 0.2) is 0 Å². The number of hydrogen-bond donors (Lipinski definition) is 2. The van der Waals surface area contributed by atoms with Gasteiger partial charge in [0.1, 0.15) is 5.02 Å². The summed E-state index contributed by atoms with van der Waals surface area (Å²) in [6, 6.07) is -0.0221. The molecule has 23 heavy (non-hydrogen) atoms. The quantitative estimate of drug-likeness (QED) is 0.805. The van der Waals surface area contributed by atoms with Crippen molar-refractivity contribution in [1.29, 1.82) is 0 Å². The van der Waals surface area contributed by atoms with E-state index >= 15 is 0 Å². The van der Waals surface area contributed by atoms with E-state index in [2.05, 4.69) is 14.9 Å². The SMILES string of the molecule is Cc1nc(N)nc(N2C[C@@H]3COC[C@H](C2)N(CC(=O)O)C3)c1Cl. The molecule has 0 amide bonds. The van der Waals surface area contributed by atoms with Crippen LogP contribution in [0.25, 0.3) is 0 Å². The number of rotatable bonds is 3. The van der Waals surface area contributed by atoms with Crippen molar-refractivity contribution in [3.63, 3.8) is 0 Å². The maximum atomic E-state index is 11.1. The average Bonchev–Trinajstić information content (AvgIpc) is 2.71. The Bertz CT molecular complexity index is 614. The van der Waals surface area contributed by atoms with Crippen LogP contribution in [-0.2, 0) is 9.53 Å². The Morgan fingerprint density at radius 2 is 2.17 bits per heavy atom. The standard InChI is InChI=1S/C14H20ClN5O3/c1-8-12(15)13(18-14(16)17-8)20-3-9-2-19(5-11(21)22)10(4-20)7-23-6-9/h9-10H,2-7H2,1H3,(H,21,22)(H2,16,17,18)/t9-,10+/m1/s1. The molecule has 2 atom stereocenters. The van der Waals surface area contributed by atoms with Crippen LogP contribution in [0.1, 0.15) is 5.69 Å². The van der Waals surface area contributed by atoms with Gasteiger partial charge in [-0.25, -0.2) is 4.98 Å². The molecule has 126 valence electrons. The van der Waals surface area contributed by atoms with E-state index in [0.717, 1.165) is 0 Å². The van der Waals surface area contributed by atoms with Crippen molar-refractivity contribution in [2.24, 2.45) is 5.92 Å². The molecule has 1 aromatic heterocycles. The number of anilines is 2. The molecule has 2 bridgehead atoms. The van der Waals surface area contributed by atoms with Crippen LogP contribution in [0.4, 0.5) is 11.8 Å². The zero-order valence-electron chi connectivity index (χ0n) is 12.9. The van der Waals surface area contributed by atoms with Gasteiger partial charge >= 0.3 is 5.97 Å². The first-order valence-corrected chi connectivity index (χ1v) is 7.90. The molecule has 1 aromatic rings. The predicted octanol–water partition coefficient (Wildman–Crippen LogP) is 0.242. The second-order valence-corrected chi connectivity index (χ2v) is 6.47. The summed E-state index contributed by atoms with van der Waals surface area (Å²) in [4.78, 5) is 23.5. The Kier molecular flexibility index (Phi) is 4.56. The van der Waals surface area contributed by atoms with E-state index in [1.54, 1.807) is 6.92 Å². The van der Waals surface area contributed by atoms with E-state index in [0.29, 0.717) is 49.4 Å². The Hall–Kier alpha value is -1.64. The van der Waals surface area contributed by atoms with Gasteiger partial charge < -0.3 is 20.5 Å². The number of fused-ring (bicyclic) bond motifs is 3. The smallest absolute Gasteiger partial charge is 0.317 e. The lowest BCUT2D eigenvalue weighted by molar-refractivity contribution is -0.138. The maximum absolute atomic E-state index is 11.1. The monoisotopic (exact) mass is 341 g/mol. The number of aryl methyl sites for hydroxylation is 1. The molecule has 0 saturated carbocycles. The van der Waals surface area contributed by atoms with Gasteiger partial charge in [-0.05, 0) is 6.92 Å². The van der Waals surface area contributed by atoms with Gasteiger partial charge in [0.2, 0.25) is 5.95 Å². The van der Waals surface area contributed by atoms with Crippen LogP contribution in [0.5, 0.6) is 0 Å². The lowest BCUT2D eigenvalue weighted by Gasteiger charge is -2.31. The van der Waals surface area contributed by atoms with Gasteiger partial charge in [0.05, 0.1) is 31.5 Å². The zero-order chi connectivity index (χ0) is 16.6. The normalized spacial score (nSPS) is 25.2. The van der Waals surface area contributed by atoms with E-state index < -0.39 is 5.97 Å². The first-order chi connectivity index (χ1) is 10.9. The summed E-state index contributed by atoms with van der Waals surface area (Å²) >= 11 is 6.37. The molecule has 2 aliphatic heterocycles. The third-order valence-corrected chi connectivity index (χ3v) is 4.68. The summed E-state index contributed by atoms with van der Waals surface area (Å²) in [7, 11) is 0. The fraction of sp³-hybridized carbons (Fsp3) is 0.643. The van der Waals surface area contributed by atoms with Gasteiger partial charge in [0, 0.05) is 25.6 Å². The first-order valence-electron chi connectivity index (χ1n) is 7.52. The highest BCUT2D eigenvalue weighted by atomic mass is 35.5. The fourth-order valence-corrected chi connectivity index (χ4v) is 3.45. The molecule has 8 nitrogen and oxygen atoms in total. The molecule has 3 rings (SSSR count). The van der Waals surface area contributed by atoms with E-state index in [1.807, 2.05) is 4.90 Å². The van der Waals surface area contributed by atoms with Crippen molar-refractivity contribution in [1.82, 2.24) is 14.9 Å². The summed E-state index contributed by atoms with van der Waals surface area (Å²) in [6.07, 6.45) is 0. The number of hydrogen-bond acceptors (Lipinski definition) is 7. The first kappa shape index (κ1) is 16.2. The number of aliphatic carboxylic acids is 1. The Labute approximate surface area is 139 Å². The number of aromatic nitrogens is 2. The summed E-state index contributed by atoms with van der Waals surface area (Å²) in [5.74, 6) is 0.166. The van der Waals surface area contributed by atoms with Crippen LogP contribution >= 0.6 is 11.6 Å². The van der Waals surface area contributed by atoms with Gasteiger partial charge in [-0.15, -0.1) is 0 Å². The fourth-order valence-electron chi connectivity index (χ4n) is 3.24. The average molecular weight is 342 g/mol. The Morgan fingerprint density at radius 3 is 2.91 bits per heavy atom. The molecule has 0 spiro atoms. The molecule has 2 aliphatic rings. The van der Waals surface area contributed by atoms with Crippen molar-refractivity contribution >= 4 is 29.3 Å². The summed E-state index contributed by atoms with van der Waals surface area (Å²) in [6.45, 7) is 4.88. The second-order valence-electron chi connectivity index (χ2n) is 6.09. The summed E-state index contributed by atoms with van der Waals surface area (Å²) in [5, 5.41) is 9.61. The van der Waals surface area contributed by atoms with Gasteiger partial charge in [-0.1, -0.05) is 11.6 Å². The van der Waals surface area contributed by atoms with Crippen LogP contribution in [0.2, 0.25) is 5.02 Å². The molecule has 0 radical (unpaired) electrons. The van der Waals surface area contributed by atoms with Gasteiger partial charge in [0.25, 0.3) is 0 Å². The van der Waals surface area contributed by atoms with Gasteiger partial charge in [0.15, 0.2) is 5.82 Å². The van der Waals surface area contributed by atoms with E-state index in [4.69, 9.17) is 27.2 Å². The molecule has 2 saturated heterocycles. The number of halogens is 1. The Balaban J connectivity index is 1.90. The second kappa shape index (κ2) is 6.46. The van der Waals surface area contributed by atoms with Crippen molar-refractivity contribution in [3.05, 3.63) is 10.7 Å². The third kappa shape index (κ3) is 3.49. The largest absolute Gasteiger partial charge is 0.480 e. The lowest BCUT2D eigenvalue weighted by Crippen LogP contribution is -2.46. The molecular formula is C14H20ClN5O3. The predicted molar refractivity (Wildman–Crippen MR) is 85.7 cm³/mol. The highest BCUT2D eigenvalue weighted by Gasteiger charge is 2.35. The van der Waals surface area contributed by atoms with Crippen molar-refractivity contribution in [3.8, 4) is 0 Å². The van der Waals surface area contributed by atoms with Crippen LogP contribution in [0.3, 0.4) is 0 Å². The number of nitrogens with two attached hydrogens (primary N) is 1. The molecule has 0 unspecified atom stereocenters. The number of carboxylic acids is 1. The minimum absolute atomic E-state index is 0.0110. The summed E-state index contributed by atoms with van der Waals surface area (Å²) in [5.41, 5.74) is 6.40. The molecule has 3 heterocycles. The van der Waals surface area contributed by atoms with Crippen molar-refractivity contribution < 1.29 is 14.6 Å². The third-order valence-electron chi connectivity index (χ3n) is 4.24. The maximum Gasteiger partial charge on any atom is 0.317 e. The lowest BCUT2D eigenvalue weighted by atomic mass is 10.1.